The number of hydrogen-bond acceptors (Lipinski definition) is 1. The van der Waals surface area contributed by atoms with Gasteiger partial charge in [0.2, 0.25) is 0 Å². The van der Waals surface area contributed by atoms with Crippen LogP contribution in [0.3, 0.4) is 0 Å². The average molecular weight is 182 g/mol. The highest BCUT2D eigenvalue weighted by molar-refractivity contribution is 5.13. The highest BCUT2D eigenvalue weighted by Gasteiger charge is 2.63. The molecule has 0 spiro atoms. The van der Waals surface area contributed by atoms with E-state index in [1.54, 1.807) is 0 Å². The Labute approximate surface area is 81.5 Å². The fraction of sp³-hybridized carbons (Fsp3) is 1.00. The van der Waals surface area contributed by atoms with Crippen molar-refractivity contribution in [2.45, 2.75) is 64.4 Å². The van der Waals surface area contributed by atoms with Crippen LogP contribution >= 0.6 is 0 Å². The van der Waals surface area contributed by atoms with Gasteiger partial charge in [0.1, 0.15) is 0 Å². The molecule has 1 nitrogen and oxygen atoms in total. The van der Waals surface area contributed by atoms with Crippen molar-refractivity contribution in [2.24, 2.45) is 11.3 Å². The molecule has 0 bridgehead atoms. The summed E-state index contributed by atoms with van der Waals surface area (Å²) >= 11 is 0. The van der Waals surface area contributed by atoms with Crippen molar-refractivity contribution in [1.29, 1.82) is 0 Å². The molecule has 0 aromatic rings. The monoisotopic (exact) mass is 182 g/mol. The van der Waals surface area contributed by atoms with E-state index in [4.69, 9.17) is 0 Å². The summed E-state index contributed by atoms with van der Waals surface area (Å²) in [6, 6.07) is 0. The van der Waals surface area contributed by atoms with Crippen LogP contribution in [0.4, 0.5) is 0 Å². The van der Waals surface area contributed by atoms with Gasteiger partial charge in [-0.3, -0.25) is 0 Å². The minimum absolute atomic E-state index is 0.264. The maximum atomic E-state index is 10.5. The Bertz CT molecular complexity index is 193. The predicted molar refractivity (Wildman–Crippen MR) is 54.5 cm³/mol. The first-order valence-corrected chi connectivity index (χ1v) is 5.85. The molecule has 0 saturated heterocycles. The van der Waals surface area contributed by atoms with E-state index in [1.165, 1.54) is 38.5 Å². The molecule has 76 valence electrons. The fourth-order valence-corrected chi connectivity index (χ4v) is 3.33. The lowest BCUT2D eigenvalue weighted by Gasteiger charge is -2.31. The highest BCUT2D eigenvalue weighted by atomic mass is 16.3. The Hall–Kier alpha value is -0.0400. The maximum Gasteiger partial charge on any atom is 0.0733 e. The Kier molecular flexibility index (Phi) is 2.18. The molecule has 0 heterocycles. The van der Waals surface area contributed by atoms with E-state index in [0.717, 1.165) is 6.42 Å². The van der Waals surface area contributed by atoms with Gasteiger partial charge in [-0.15, -0.1) is 0 Å². The van der Waals surface area contributed by atoms with Crippen LogP contribution in [-0.2, 0) is 0 Å². The molecule has 2 unspecified atom stereocenters. The molecule has 1 heteroatoms. The van der Waals surface area contributed by atoms with Crippen molar-refractivity contribution in [3.05, 3.63) is 0 Å². The first-order chi connectivity index (χ1) is 6.12. The van der Waals surface area contributed by atoms with Crippen LogP contribution in [0.1, 0.15) is 58.8 Å². The Morgan fingerprint density at radius 3 is 2.46 bits per heavy atom. The summed E-state index contributed by atoms with van der Waals surface area (Å²) in [6.07, 6.45) is 8.70. The van der Waals surface area contributed by atoms with E-state index >= 15 is 0 Å². The molecular weight excluding hydrogens is 160 g/mol. The van der Waals surface area contributed by atoms with E-state index in [1.807, 2.05) is 0 Å². The second-order valence-electron chi connectivity index (χ2n) is 5.38. The third-order valence-corrected chi connectivity index (χ3v) is 4.46. The molecule has 2 aliphatic carbocycles. The molecular formula is C12H22O. The minimum atomic E-state index is -0.264. The summed E-state index contributed by atoms with van der Waals surface area (Å²) in [7, 11) is 0. The molecule has 0 aliphatic heterocycles. The first-order valence-electron chi connectivity index (χ1n) is 5.85. The van der Waals surface area contributed by atoms with E-state index < -0.39 is 0 Å². The van der Waals surface area contributed by atoms with Gasteiger partial charge in [-0.05, 0) is 37.0 Å². The smallest absolute Gasteiger partial charge is 0.0733 e. The molecule has 0 aromatic carbocycles. The highest BCUT2D eigenvalue weighted by Crippen LogP contribution is 2.62. The van der Waals surface area contributed by atoms with Crippen molar-refractivity contribution in [1.82, 2.24) is 0 Å². The van der Waals surface area contributed by atoms with Crippen molar-refractivity contribution < 1.29 is 5.11 Å². The lowest BCUT2D eigenvalue weighted by atomic mass is 9.78. The van der Waals surface area contributed by atoms with Crippen LogP contribution in [-0.4, -0.2) is 10.7 Å². The summed E-state index contributed by atoms with van der Waals surface area (Å²) < 4.78 is 0. The Morgan fingerprint density at radius 2 is 1.92 bits per heavy atom. The number of rotatable bonds is 3. The van der Waals surface area contributed by atoms with Crippen molar-refractivity contribution >= 4 is 0 Å². The van der Waals surface area contributed by atoms with Gasteiger partial charge in [-0.2, -0.15) is 0 Å². The molecule has 2 aliphatic rings. The molecule has 2 atom stereocenters. The Balaban J connectivity index is 2.01. The van der Waals surface area contributed by atoms with E-state index in [2.05, 4.69) is 13.8 Å². The van der Waals surface area contributed by atoms with Crippen molar-refractivity contribution in [3.8, 4) is 0 Å². The molecule has 0 radical (unpaired) electrons. The Morgan fingerprint density at radius 1 is 1.31 bits per heavy atom. The van der Waals surface area contributed by atoms with Gasteiger partial charge < -0.3 is 5.11 Å². The maximum absolute atomic E-state index is 10.5. The van der Waals surface area contributed by atoms with Gasteiger partial charge in [0.05, 0.1) is 5.60 Å². The molecule has 1 N–H and O–H groups in total. The van der Waals surface area contributed by atoms with Crippen molar-refractivity contribution in [2.75, 3.05) is 0 Å². The summed E-state index contributed by atoms with van der Waals surface area (Å²) in [6.45, 7) is 4.52. The number of aliphatic hydroxyl groups is 1. The van der Waals surface area contributed by atoms with Crippen LogP contribution in [0, 0.1) is 11.3 Å². The number of hydrogen-bond donors (Lipinski definition) is 1. The van der Waals surface area contributed by atoms with Gasteiger partial charge in [-0.25, -0.2) is 0 Å². The van der Waals surface area contributed by atoms with Gasteiger partial charge >= 0.3 is 0 Å². The van der Waals surface area contributed by atoms with Crippen LogP contribution < -0.4 is 0 Å². The normalized spacial score (nSPS) is 42.2. The van der Waals surface area contributed by atoms with Crippen molar-refractivity contribution in [3.63, 3.8) is 0 Å². The zero-order chi connectivity index (χ0) is 9.53. The third kappa shape index (κ3) is 1.32. The second kappa shape index (κ2) is 2.98. The second-order valence-corrected chi connectivity index (χ2v) is 5.38. The molecule has 2 rings (SSSR count). The van der Waals surface area contributed by atoms with E-state index in [9.17, 15) is 5.11 Å². The van der Waals surface area contributed by atoms with Gasteiger partial charge in [0.25, 0.3) is 0 Å². The topological polar surface area (TPSA) is 20.2 Å². The molecule has 2 fully saturated rings. The molecule has 0 aromatic heterocycles. The summed E-state index contributed by atoms with van der Waals surface area (Å²) in [4.78, 5) is 0. The summed E-state index contributed by atoms with van der Waals surface area (Å²) in [5.74, 6) is 0.626. The largest absolute Gasteiger partial charge is 0.389 e. The van der Waals surface area contributed by atoms with Gasteiger partial charge in [-0.1, -0.05) is 33.1 Å². The van der Waals surface area contributed by atoms with Crippen LogP contribution in [0.25, 0.3) is 0 Å². The van der Waals surface area contributed by atoms with Gasteiger partial charge in [0.15, 0.2) is 0 Å². The molecule has 13 heavy (non-hydrogen) atoms. The standard InChI is InChI=1S/C12H22O/c1-3-6-10-9-12(10,13)11(2)7-4-5-8-11/h10,13H,3-9H2,1-2H3. The molecule has 0 amide bonds. The predicted octanol–water partition coefficient (Wildman–Crippen LogP) is 3.12. The van der Waals surface area contributed by atoms with Gasteiger partial charge in [0, 0.05) is 0 Å². The quantitative estimate of drug-likeness (QED) is 0.711. The summed E-state index contributed by atoms with van der Waals surface area (Å²) in [5.41, 5.74) is 0.00630. The third-order valence-electron chi connectivity index (χ3n) is 4.46. The van der Waals surface area contributed by atoms with Crippen LogP contribution in [0.5, 0.6) is 0 Å². The molecule has 2 saturated carbocycles. The lowest BCUT2D eigenvalue weighted by Crippen LogP contribution is -2.33. The lowest BCUT2D eigenvalue weighted by molar-refractivity contribution is 0.000978. The zero-order valence-corrected chi connectivity index (χ0v) is 8.97. The SMILES string of the molecule is CCCC1CC1(O)C1(C)CCCC1. The fourth-order valence-electron chi connectivity index (χ4n) is 3.33. The zero-order valence-electron chi connectivity index (χ0n) is 8.97. The van der Waals surface area contributed by atoms with E-state index in [-0.39, 0.29) is 11.0 Å². The average Bonchev–Trinajstić information content (AvgIpc) is 2.59. The van der Waals surface area contributed by atoms with E-state index in [0.29, 0.717) is 5.92 Å². The van der Waals surface area contributed by atoms with Crippen LogP contribution in [0.15, 0.2) is 0 Å². The first kappa shape index (κ1) is 9.51. The summed E-state index contributed by atoms with van der Waals surface area (Å²) in [5, 5.41) is 10.5. The van der Waals surface area contributed by atoms with Crippen LogP contribution in [0.2, 0.25) is 0 Å². The minimum Gasteiger partial charge on any atom is -0.389 e.